The molecule has 1 aliphatic carbocycles. The number of halogens is 1. The molecule has 35 heavy (non-hydrogen) atoms. The Labute approximate surface area is 211 Å². The number of thioether (sulfide) groups is 1. The van der Waals surface area contributed by atoms with Crippen LogP contribution in [0.2, 0.25) is 5.02 Å². The number of fused-ring (bicyclic) bond motifs is 3. The van der Waals surface area contributed by atoms with E-state index in [1.54, 1.807) is 48.2 Å². The van der Waals surface area contributed by atoms with E-state index in [1.165, 1.54) is 0 Å². The Morgan fingerprint density at radius 3 is 2.29 bits per heavy atom. The molecule has 170 valence electrons. The molecule has 0 aromatic heterocycles. The molecule has 0 saturated heterocycles. The van der Waals surface area contributed by atoms with Gasteiger partial charge >= 0.3 is 5.97 Å². The van der Waals surface area contributed by atoms with E-state index in [0.717, 1.165) is 33.0 Å². The number of benzene rings is 4. The second-order valence-electron chi connectivity index (χ2n) is 8.25. The summed E-state index contributed by atoms with van der Waals surface area (Å²) in [5.74, 6) is 0.00975. The molecule has 0 spiro atoms. The number of carbonyl (C=O) groups is 2. The summed E-state index contributed by atoms with van der Waals surface area (Å²) in [4.78, 5) is 27.1. The van der Waals surface area contributed by atoms with E-state index < -0.39 is 5.97 Å². The van der Waals surface area contributed by atoms with Crippen molar-refractivity contribution in [1.29, 1.82) is 0 Å². The van der Waals surface area contributed by atoms with Gasteiger partial charge in [-0.1, -0.05) is 60.1 Å². The van der Waals surface area contributed by atoms with Gasteiger partial charge in [-0.2, -0.15) is 0 Å². The monoisotopic (exact) mass is 495 g/mol. The third-order valence-electron chi connectivity index (χ3n) is 6.08. The molecule has 0 fully saturated rings. The van der Waals surface area contributed by atoms with Gasteiger partial charge in [0.1, 0.15) is 5.75 Å². The first-order valence-electron chi connectivity index (χ1n) is 11.1. The summed E-state index contributed by atoms with van der Waals surface area (Å²) in [5, 5.41) is 3.86. The number of hydrogen-bond donors (Lipinski definition) is 1. The maximum atomic E-state index is 13.5. The van der Waals surface area contributed by atoms with Crippen LogP contribution in [0.3, 0.4) is 0 Å². The summed E-state index contributed by atoms with van der Waals surface area (Å²) in [6.45, 7) is 0. The Bertz CT molecular complexity index is 1510. The summed E-state index contributed by atoms with van der Waals surface area (Å²) in [5.41, 5.74) is 5.57. The van der Waals surface area contributed by atoms with E-state index in [0.29, 0.717) is 21.9 Å². The van der Waals surface area contributed by atoms with Gasteiger partial charge in [0.25, 0.3) is 0 Å². The van der Waals surface area contributed by atoms with Crippen LogP contribution in [0.4, 0.5) is 5.69 Å². The standard InChI is InChI=1S/C29H18ClNO3S/c30-19-13-9-18(10-14-19)29(33)34-20-15-11-17(12-16-20)28-25-26(21-5-1-2-6-22(21)27(25)32)31-23-7-3-4-8-24(23)35-28/h1-16,28,31H/t28-/m0/s1. The van der Waals surface area contributed by atoms with Gasteiger partial charge in [-0.25, -0.2) is 4.79 Å². The zero-order chi connectivity index (χ0) is 23.9. The number of carbonyl (C=O) groups excluding carboxylic acids is 2. The summed E-state index contributed by atoms with van der Waals surface area (Å²) in [6.07, 6.45) is 0. The van der Waals surface area contributed by atoms with Crippen LogP contribution in [0.1, 0.15) is 37.1 Å². The number of hydrogen-bond acceptors (Lipinski definition) is 5. The van der Waals surface area contributed by atoms with Crippen LogP contribution in [-0.4, -0.2) is 11.8 Å². The zero-order valence-electron chi connectivity index (χ0n) is 18.3. The maximum absolute atomic E-state index is 13.5. The number of esters is 1. The average molecular weight is 496 g/mol. The van der Waals surface area contributed by atoms with E-state index in [9.17, 15) is 9.59 Å². The molecule has 0 saturated carbocycles. The molecular formula is C29H18ClNO3S. The SMILES string of the molecule is O=C(Oc1ccc([C@@H]2Sc3ccccc3NC3=C2C(=O)c2ccccc23)cc1)c1ccc(Cl)cc1. The van der Waals surface area contributed by atoms with Crippen molar-refractivity contribution in [2.75, 3.05) is 5.32 Å². The topological polar surface area (TPSA) is 55.4 Å². The molecule has 0 radical (unpaired) electrons. The Kier molecular flexibility index (Phi) is 5.44. The molecular weight excluding hydrogens is 478 g/mol. The van der Waals surface area contributed by atoms with Gasteiger partial charge in [0.05, 0.1) is 22.2 Å². The molecule has 1 aliphatic heterocycles. The van der Waals surface area contributed by atoms with Crippen LogP contribution in [0.5, 0.6) is 5.75 Å². The molecule has 1 heterocycles. The van der Waals surface area contributed by atoms with Crippen LogP contribution >= 0.6 is 23.4 Å². The van der Waals surface area contributed by atoms with Gasteiger partial charge in [-0.15, -0.1) is 11.8 Å². The first-order valence-corrected chi connectivity index (χ1v) is 12.3. The fourth-order valence-corrected chi connectivity index (χ4v) is 5.80. The summed E-state index contributed by atoms with van der Waals surface area (Å²) < 4.78 is 5.54. The molecule has 1 N–H and O–H groups in total. The number of ketones is 1. The number of para-hydroxylation sites is 1. The van der Waals surface area contributed by atoms with Gasteiger partial charge < -0.3 is 10.1 Å². The predicted octanol–water partition coefficient (Wildman–Crippen LogP) is 7.43. The number of nitrogens with one attached hydrogen (secondary N) is 1. The Morgan fingerprint density at radius 1 is 0.829 bits per heavy atom. The van der Waals surface area contributed by atoms with Crippen molar-refractivity contribution >= 4 is 46.5 Å². The highest BCUT2D eigenvalue weighted by atomic mass is 35.5. The molecule has 4 nitrogen and oxygen atoms in total. The van der Waals surface area contributed by atoms with Gasteiger partial charge in [0.15, 0.2) is 5.78 Å². The van der Waals surface area contributed by atoms with Crippen molar-refractivity contribution in [3.63, 3.8) is 0 Å². The third-order valence-corrected chi connectivity index (χ3v) is 7.69. The van der Waals surface area contributed by atoms with Crippen LogP contribution in [0.15, 0.2) is 108 Å². The summed E-state index contributed by atoms with van der Waals surface area (Å²) in [6, 6.07) is 29.7. The van der Waals surface area contributed by atoms with E-state index in [1.807, 2.05) is 54.6 Å². The third kappa shape index (κ3) is 3.93. The Morgan fingerprint density at radius 2 is 1.51 bits per heavy atom. The summed E-state index contributed by atoms with van der Waals surface area (Å²) in [7, 11) is 0. The van der Waals surface area contributed by atoms with Gasteiger partial charge in [0.2, 0.25) is 0 Å². The van der Waals surface area contributed by atoms with Gasteiger partial charge in [0, 0.05) is 26.6 Å². The van der Waals surface area contributed by atoms with E-state index >= 15 is 0 Å². The molecule has 0 amide bonds. The molecule has 6 heteroatoms. The fraction of sp³-hybridized carbons (Fsp3) is 0.0345. The van der Waals surface area contributed by atoms with Gasteiger partial charge in [-0.3, -0.25) is 4.79 Å². The molecule has 4 aromatic rings. The summed E-state index contributed by atoms with van der Waals surface area (Å²) >= 11 is 7.54. The highest BCUT2D eigenvalue weighted by Crippen LogP contribution is 2.52. The molecule has 2 aliphatic rings. The minimum absolute atomic E-state index is 0.0339. The number of anilines is 1. The smallest absolute Gasteiger partial charge is 0.343 e. The second-order valence-corrected chi connectivity index (χ2v) is 9.83. The first kappa shape index (κ1) is 21.7. The lowest BCUT2D eigenvalue weighted by Crippen LogP contribution is -2.09. The highest BCUT2D eigenvalue weighted by Gasteiger charge is 2.38. The molecule has 0 unspecified atom stereocenters. The Hall–Kier alpha value is -3.80. The largest absolute Gasteiger partial charge is 0.423 e. The van der Waals surface area contributed by atoms with Crippen molar-refractivity contribution in [3.05, 3.63) is 130 Å². The maximum Gasteiger partial charge on any atom is 0.343 e. The first-order chi connectivity index (χ1) is 17.1. The second kappa shape index (κ2) is 8.77. The molecule has 4 aromatic carbocycles. The van der Waals surface area contributed by atoms with Crippen molar-refractivity contribution in [2.45, 2.75) is 10.1 Å². The lowest BCUT2D eigenvalue weighted by molar-refractivity contribution is 0.0734. The van der Waals surface area contributed by atoms with Crippen molar-refractivity contribution in [3.8, 4) is 5.75 Å². The number of rotatable bonds is 3. The molecule has 1 atom stereocenters. The highest BCUT2D eigenvalue weighted by molar-refractivity contribution is 8.00. The fourth-order valence-electron chi connectivity index (χ4n) is 4.38. The number of ether oxygens (including phenoxy) is 1. The van der Waals surface area contributed by atoms with E-state index in [2.05, 4.69) is 11.4 Å². The lowest BCUT2D eigenvalue weighted by Gasteiger charge is -2.17. The van der Waals surface area contributed by atoms with Crippen LogP contribution in [-0.2, 0) is 0 Å². The lowest BCUT2D eigenvalue weighted by atomic mass is 10.0. The van der Waals surface area contributed by atoms with Crippen LogP contribution < -0.4 is 10.1 Å². The van der Waals surface area contributed by atoms with E-state index in [-0.39, 0.29) is 11.0 Å². The Balaban J connectivity index is 1.35. The van der Waals surface area contributed by atoms with Crippen molar-refractivity contribution in [2.24, 2.45) is 0 Å². The van der Waals surface area contributed by atoms with Crippen LogP contribution in [0.25, 0.3) is 5.70 Å². The molecule has 0 bridgehead atoms. The average Bonchev–Trinajstić information content (AvgIpc) is 3.04. The predicted molar refractivity (Wildman–Crippen MR) is 139 cm³/mol. The van der Waals surface area contributed by atoms with Gasteiger partial charge in [-0.05, 0) is 54.1 Å². The van der Waals surface area contributed by atoms with E-state index in [4.69, 9.17) is 16.3 Å². The quantitative estimate of drug-likeness (QED) is 0.236. The normalized spacial score (nSPS) is 16.0. The number of Topliss-reactive ketones (excluding diaryl/α,β-unsaturated/α-hetero) is 1. The molecule has 6 rings (SSSR count). The van der Waals surface area contributed by atoms with Crippen LogP contribution in [0, 0.1) is 0 Å². The minimum atomic E-state index is -0.456. The zero-order valence-corrected chi connectivity index (χ0v) is 19.9. The van der Waals surface area contributed by atoms with Crippen molar-refractivity contribution < 1.29 is 14.3 Å². The minimum Gasteiger partial charge on any atom is -0.423 e. The van der Waals surface area contributed by atoms with Crippen molar-refractivity contribution in [1.82, 2.24) is 0 Å².